The van der Waals surface area contributed by atoms with E-state index in [2.05, 4.69) is 12.1 Å². The highest BCUT2D eigenvalue weighted by molar-refractivity contribution is 6.31. The second-order valence-electron chi connectivity index (χ2n) is 3.67. The molecule has 0 unspecified atom stereocenters. The van der Waals surface area contributed by atoms with Gasteiger partial charge < -0.3 is 10.3 Å². The molecule has 0 amide bonds. The van der Waals surface area contributed by atoms with Crippen molar-refractivity contribution in [2.24, 2.45) is 5.16 Å². The van der Waals surface area contributed by atoms with Crippen molar-refractivity contribution in [3.8, 4) is 5.75 Å². The third kappa shape index (κ3) is 3.42. The number of phenolic OH excluding ortho intramolecular Hbond substituents is 1. The van der Waals surface area contributed by atoms with Crippen molar-refractivity contribution in [3.63, 3.8) is 0 Å². The summed E-state index contributed by atoms with van der Waals surface area (Å²) in [6.07, 6.45) is 3.74. The van der Waals surface area contributed by atoms with Crippen molar-refractivity contribution >= 4 is 17.3 Å². The Balaban J connectivity index is 2.83. The summed E-state index contributed by atoms with van der Waals surface area (Å²) in [5.74, 6) is 0.0914. The molecule has 0 saturated heterocycles. The summed E-state index contributed by atoms with van der Waals surface area (Å²) in [5.41, 5.74) is 0.986. The first-order chi connectivity index (χ1) is 7.69. The molecule has 0 aliphatic rings. The van der Waals surface area contributed by atoms with Crippen LogP contribution >= 0.6 is 11.6 Å². The lowest BCUT2D eigenvalue weighted by molar-refractivity contribution is 0.317. The summed E-state index contributed by atoms with van der Waals surface area (Å²) < 4.78 is 0. The quantitative estimate of drug-likeness (QED) is 0.357. The highest BCUT2D eigenvalue weighted by Gasteiger charge is 2.10. The van der Waals surface area contributed by atoms with Gasteiger partial charge in [0.15, 0.2) is 0 Å². The standard InChI is InChI=1S/C12H16ClNO2/c1-2-3-4-5-11(14-16)10-8-9(13)6-7-12(10)15/h6-8,15-16H,2-5H2,1H3/b14-11+. The second-order valence-corrected chi connectivity index (χ2v) is 4.10. The summed E-state index contributed by atoms with van der Waals surface area (Å²) >= 11 is 5.83. The predicted octanol–water partition coefficient (Wildman–Crippen LogP) is 3.80. The smallest absolute Gasteiger partial charge is 0.124 e. The van der Waals surface area contributed by atoms with Crippen molar-refractivity contribution in [3.05, 3.63) is 28.8 Å². The molecular formula is C12H16ClNO2. The summed E-state index contributed by atoms with van der Waals surface area (Å²) in [6.45, 7) is 2.10. The largest absolute Gasteiger partial charge is 0.507 e. The van der Waals surface area contributed by atoms with E-state index in [1.54, 1.807) is 12.1 Å². The molecule has 0 fully saturated rings. The van der Waals surface area contributed by atoms with Gasteiger partial charge in [-0.2, -0.15) is 0 Å². The van der Waals surface area contributed by atoms with Crippen LogP contribution in [0.2, 0.25) is 5.02 Å². The van der Waals surface area contributed by atoms with Gasteiger partial charge in [0, 0.05) is 10.6 Å². The minimum Gasteiger partial charge on any atom is -0.507 e. The molecule has 88 valence electrons. The number of aromatic hydroxyl groups is 1. The normalized spacial score (nSPS) is 11.8. The maximum absolute atomic E-state index is 9.64. The number of nitrogens with zero attached hydrogens (tertiary/aromatic N) is 1. The molecule has 0 aliphatic carbocycles. The van der Waals surface area contributed by atoms with E-state index in [1.807, 2.05) is 0 Å². The van der Waals surface area contributed by atoms with Crippen LogP contribution in [0, 0.1) is 0 Å². The average Bonchev–Trinajstić information content (AvgIpc) is 2.28. The third-order valence-electron chi connectivity index (χ3n) is 2.41. The summed E-state index contributed by atoms with van der Waals surface area (Å²) in [5, 5.41) is 22.3. The van der Waals surface area contributed by atoms with Gasteiger partial charge in [-0.3, -0.25) is 0 Å². The first kappa shape index (κ1) is 12.8. The third-order valence-corrected chi connectivity index (χ3v) is 2.64. The number of oxime groups is 1. The number of hydrogen-bond donors (Lipinski definition) is 2. The van der Waals surface area contributed by atoms with Crippen LogP contribution in [-0.4, -0.2) is 16.0 Å². The summed E-state index contributed by atoms with van der Waals surface area (Å²) in [6, 6.07) is 4.71. The van der Waals surface area contributed by atoms with Crippen molar-refractivity contribution < 1.29 is 10.3 Å². The molecule has 4 heteroatoms. The van der Waals surface area contributed by atoms with Crippen LogP contribution in [0.1, 0.15) is 38.2 Å². The van der Waals surface area contributed by atoms with Crippen LogP contribution in [0.4, 0.5) is 0 Å². The van der Waals surface area contributed by atoms with Gasteiger partial charge in [0.2, 0.25) is 0 Å². The molecule has 0 bridgehead atoms. The molecule has 1 rings (SSSR count). The molecule has 2 N–H and O–H groups in total. The maximum atomic E-state index is 9.64. The van der Waals surface area contributed by atoms with Gasteiger partial charge in [-0.1, -0.05) is 36.5 Å². The Bertz CT molecular complexity index is 377. The lowest BCUT2D eigenvalue weighted by atomic mass is 10.0. The van der Waals surface area contributed by atoms with Gasteiger partial charge >= 0.3 is 0 Å². The number of rotatable bonds is 5. The Morgan fingerprint density at radius 1 is 1.38 bits per heavy atom. The molecular weight excluding hydrogens is 226 g/mol. The molecule has 0 saturated carbocycles. The molecule has 0 heterocycles. The summed E-state index contributed by atoms with van der Waals surface area (Å²) in [7, 11) is 0. The second kappa shape index (κ2) is 6.38. The lowest BCUT2D eigenvalue weighted by Gasteiger charge is -2.07. The fourth-order valence-electron chi connectivity index (χ4n) is 1.52. The van der Waals surface area contributed by atoms with Gasteiger partial charge in [-0.25, -0.2) is 0 Å². The minimum absolute atomic E-state index is 0.0914. The van der Waals surface area contributed by atoms with E-state index < -0.39 is 0 Å². The molecule has 0 atom stereocenters. The molecule has 0 aliphatic heterocycles. The van der Waals surface area contributed by atoms with Crippen molar-refractivity contribution in [2.45, 2.75) is 32.6 Å². The Kier molecular flexibility index (Phi) is 5.12. The van der Waals surface area contributed by atoms with Gasteiger partial charge in [0.25, 0.3) is 0 Å². The van der Waals surface area contributed by atoms with Crippen molar-refractivity contribution in [2.75, 3.05) is 0 Å². The number of benzene rings is 1. The Labute approximate surface area is 100 Å². The molecule has 1 aromatic carbocycles. The van der Waals surface area contributed by atoms with Gasteiger partial charge in [-0.15, -0.1) is 0 Å². The van der Waals surface area contributed by atoms with E-state index in [9.17, 15) is 5.11 Å². The zero-order chi connectivity index (χ0) is 12.0. The molecule has 3 nitrogen and oxygen atoms in total. The molecule has 0 aromatic heterocycles. The zero-order valence-corrected chi connectivity index (χ0v) is 10.0. The van der Waals surface area contributed by atoms with Gasteiger partial charge in [0.1, 0.15) is 5.75 Å². The van der Waals surface area contributed by atoms with Crippen LogP contribution in [-0.2, 0) is 0 Å². The number of unbranched alkanes of at least 4 members (excludes halogenated alkanes) is 2. The molecule has 0 radical (unpaired) electrons. The average molecular weight is 242 g/mol. The van der Waals surface area contributed by atoms with E-state index in [4.69, 9.17) is 16.8 Å². The maximum Gasteiger partial charge on any atom is 0.124 e. The van der Waals surface area contributed by atoms with E-state index in [-0.39, 0.29) is 5.75 Å². The fourth-order valence-corrected chi connectivity index (χ4v) is 1.69. The number of hydrogen-bond acceptors (Lipinski definition) is 3. The lowest BCUT2D eigenvalue weighted by Crippen LogP contribution is -2.01. The minimum atomic E-state index is 0.0914. The van der Waals surface area contributed by atoms with Crippen LogP contribution in [0.5, 0.6) is 5.75 Å². The Morgan fingerprint density at radius 3 is 2.75 bits per heavy atom. The van der Waals surface area contributed by atoms with Crippen LogP contribution < -0.4 is 0 Å². The Morgan fingerprint density at radius 2 is 2.12 bits per heavy atom. The van der Waals surface area contributed by atoms with Crippen LogP contribution in [0.3, 0.4) is 0 Å². The Hall–Kier alpha value is -1.22. The topological polar surface area (TPSA) is 52.8 Å². The first-order valence-electron chi connectivity index (χ1n) is 5.38. The fraction of sp³-hybridized carbons (Fsp3) is 0.417. The van der Waals surface area contributed by atoms with Crippen molar-refractivity contribution in [1.82, 2.24) is 0 Å². The highest BCUT2D eigenvalue weighted by atomic mass is 35.5. The summed E-state index contributed by atoms with van der Waals surface area (Å²) in [4.78, 5) is 0. The van der Waals surface area contributed by atoms with E-state index >= 15 is 0 Å². The molecule has 0 spiro atoms. The molecule has 16 heavy (non-hydrogen) atoms. The van der Waals surface area contributed by atoms with E-state index in [1.165, 1.54) is 6.07 Å². The highest BCUT2D eigenvalue weighted by Crippen LogP contribution is 2.24. The first-order valence-corrected chi connectivity index (χ1v) is 5.76. The van der Waals surface area contributed by atoms with Gasteiger partial charge in [0.05, 0.1) is 5.71 Å². The zero-order valence-electron chi connectivity index (χ0n) is 9.28. The van der Waals surface area contributed by atoms with Crippen LogP contribution in [0.15, 0.2) is 23.4 Å². The predicted molar refractivity (Wildman–Crippen MR) is 65.6 cm³/mol. The van der Waals surface area contributed by atoms with Gasteiger partial charge in [-0.05, 0) is 31.0 Å². The van der Waals surface area contributed by atoms with Crippen LogP contribution in [0.25, 0.3) is 0 Å². The SMILES string of the molecule is CCCCC/C(=N\O)c1cc(Cl)ccc1O. The number of phenols is 1. The molecule has 1 aromatic rings. The number of halogens is 1. The van der Waals surface area contributed by atoms with E-state index in [0.29, 0.717) is 22.7 Å². The van der Waals surface area contributed by atoms with Crippen molar-refractivity contribution in [1.29, 1.82) is 0 Å². The monoisotopic (exact) mass is 241 g/mol. The van der Waals surface area contributed by atoms with E-state index in [0.717, 1.165) is 19.3 Å².